The zero-order valence-electron chi connectivity index (χ0n) is 16.0. The molecule has 31 heavy (non-hydrogen) atoms. The largest absolute Gasteiger partial charge is 0.505 e. The van der Waals surface area contributed by atoms with E-state index >= 15 is 0 Å². The minimum absolute atomic E-state index is 0.294. The van der Waals surface area contributed by atoms with Crippen LogP contribution in [0.4, 0.5) is 5.69 Å². The van der Waals surface area contributed by atoms with E-state index < -0.39 is 17.2 Å². The summed E-state index contributed by atoms with van der Waals surface area (Å²) in [6.07, 6.45) is 0. The molecule has 0 spiro atoms. The Bertz CT molecular complexity index is 1290. The van der Waals surface area contributed by atoms with Crippen LogP contribution in [0.15, 0.2) is 94.2 Å². The van der Waals surface area contributed by atoms with Gasteiger partial charge < -0.3 is 15.2 Å². The smallest absolute Gasteiger partial charge is 0.280 e. The number of anilines is 1. The summed E-state index contributed by atoms with van der Waals surface area (Å²) in [6.45, 7) is 0. The number of carbonyl (C=O) groups excluding carboxylic acids is 1. The summed E-state index contributed by atoms with van der Waals surface area (Å²) >= 11 is 3.33. The Kier molecular flexibility index (Phi) is 5.81. The van der Waals surface area contributed by atoms with Gasteiger partial charge in [-0.1, -0.05) is 46.3 Å². The highest BCUT2D eigenvalue weighted by molar-refractivity contribution is 9.10. The minimum atomic E-state index is -0.688. The first-order chi connectivity index (χ1) is 15.0. The second kappa shape index (κ2) is 8.85. The third-order valence-electron chi connectivity index (χ3n) is 4.30. The number of hydrogen-bond acceptors (Lipinski definition) is 5. The molecule has 8 heteroatoms. The van der Waals surface area contributed by atoms with Gasteiger partial charge in [0.25, 0.3) is 11.5 Å². The van der Waals surface area contributed by atoms with Gasteiger partial charge in [0.15, 0.2) is 17.2 Å². The Hall–Kier alpha value is -3.91. The number of nitrogens with zero attached hydrogens (tertiary/aromatic N) is 2. The van der Waals surface area contributed by atoms with E-state index in [4.69, 9.17) is 4.74 Å². The van der Waals surface area contributed by atoms with Crippen LogP contribution < -0.4 is 15.6 Å². The maximum absolute atomic E-state index is 12.9. The number of benzene rings is 3. The van der Waals surface area contributed by atoms with E-state index in [0.29, 0.717) is 22.9 Å². The Morgan fingerprint density at radius 1 is 0.968 bits per heavy atom. The molecule has 0 aliphatic heterocycles. The normalized spacial score (nSPS) is 10.5. The van der Waals surface area contributed by atoms with Gasteiger partial charge in [0, 0.05) is 10.5 Å². The maximum atomic E-state index is 12.9. The first kappa shape index (κ1) is 20.4. The highest BCUT2D eigenvalue weighted by Gasteiger charge is 2.18. The zero-order chi connectivity index (χ0) is 21.8. The van der Waals surface area contributed by atoms with E-state index in [9.17, 15) is 14.7 Å². The molecule has 0 unspecified atom stereocenters. The molecule has 0 radical (unpaired) electrons. The Balaban J connectivity index is 1.65. The summed E-state index contributed by atoms with van der Waals surface area (Å²) in [6, 6.07) is 23.8. The third kappa shape index (κ3) is 4.65. The van der Waals surface area contributed by atoms with E-state index in [1.807, 2.05) is 18.2 Å². The number of aromatic nitrogens is 2. The molecular formula is C23H16BrN3O4. The van der Waals surface area contributed by atoms with E-state index in [1.165, 1.54) is 0 Å². The van der Waals surface area contributed by atoms with Gasteiger partial charge in [0.2, 0.25) is 0 Å². The van der Waals surface area contributed by atoms with Gasteiger partial charge in [0.05, 0.1) is 11.4 Å². The van der Waals surface area contributed by atoms with Crippen molar-refractivity contribution in [3.63, 3.8) is 0 Å². The molecule has 4 rings (SSSR count). The van der Waals surface area contributed by atoms with Gasteiger partial charge in [-0.15, -0.1) is 0 Å². The lowest BCUT2D eigenvalue weighted by molar-refractivity contribution is 0.101. The van der Waals surface area contributed by atoms with Crippen molar-refractivity contribution in [2.24, 2.45) is 0 Å². The number of hydrogen-bond donors (Lipinski definition) is 2. The predicted molar refractivity (Wildman–Crippen MR) is 120 cm³/mol. The molecule has 0 saturated heterocycles. The molecule has 0 atom stereocenters. The van der Waals surface area contributed by atoms with Gasteiger partial charge in [-0.25, -0.2) is 0 Å². The van der Waals surface area contributed by atoms with Crippen molar-refractivity contribution in [2.75, 3.05) is 5.32 Å². The van der Waals surface area contributed by atoms with Crippen LogP contribution in [0.5, 0.6) is 17.2 Å². The molecule has 7 nitrogen and oxygen atoms in total. The van der Waals surface area contributed by atoms with E-state index in [2.05, 4.69) is 26.3 Å². The first-order valence-electron chi connectivity index (χ1n) is 9.24. The van der Waals surface area contributed by atoms with Gasteiger partial charge in [0.1, 0.15) is 5.75 Å². The number of aromatic hydroxyl groups is 1. The first-order valence-corrected chi connectivity index (χ1v) is 10.0. The summed E-state index contributed by atoms with van der Waals surface area (Å²) < 4.78 is 7.72. The Morgan fingerprint density at radius 2 is 1.65 bits per heavy atom. The molecule has 2 N–H and O–H groups in total. The summed E-state index contributed by atoms with van der Waals surface area (Å²) in [5, 5.41) is 16.9. The SMILES string of the molecule is O=C(Nc1ccccc1Oc1ccccc1)c1nn(-c2ccc(Br)cc2)c(=O)cc1O. The fourth-order valence-electron chi connectivity index (χ4n) is 2.83. The van der Waals surface area contributed by atoms with Crippen molar-refractivity contribution in [1.29, 1.82) is 0 Å². The molecule has 4 aromatic rings. The quantitative estimate of drug-likeness (QED) is 0.432. The monoisotopic (exact) mass is 477 g/mol. The second-order valence-corrected chi connectivity index (χ2v) is 7.39. The van der Waals surface area contributed by atoms with Crippen molar-refractivity contribution in [1.82, 2.24) is 9.78 Å². The van der Waals surface area contributed by atoms with E-state index in [-0.39, 0.29) is 5.69 Å². The van der Waals surface area contributed by atoms with Crippen molar-refractivity contribution >= 4 is 27.5 Å². The molecular weight excluding hydrogens is 462 g/mol. The standard InChI is InChI=1S/C23H16BrN3O4/c24-15-10-12-16(13-11-15)27-21(29)14-19(28)22(26-27)23(30)25-18-8-4-5-9-20(18)31-17-6-2-1-3-7-17/h1-14,28H,(H,25,30). The van der Waals surface area contributed by atoms with Crippen molar-refractivity contribution < 1.29 is 14.6 Å². The lowest BCUT2D eigenvalue weighted by atomic mass is 10.2. The maximum Gasteiger partial charge on any atom is 0.280 e. The average molecular weight is 478 g/mol. The molecule has 0 bridgehead atoms. The number of halogens is 1. The molecule has 1 amide bonds. The topological polar surface area (TPSA) is 93.5 Å². The summed E-state index contributed by atoms with van der Waals surface area (Å²) in [5.41, 5.74) is -0.0183. The fourth-order valence-corrected chi connectivity index (χ4v) is 3.10. The Morgan fingerprint density at radius 3 is 2.39 bits per heavy atom. The lowest BCUT2D eigenvalue weighted by Gasteiger charge is -2.13. The molecule has 0 aliphatic carbocycles. The summed E-state index contributed by atoms with van der Waals surface area (Å²) in [7, 11) is 0. The van der Waals surface area contributed by atoms with Crippen LogP contribution in [0, 0.1) is 0 Å². The highest BCUT2D eigenvalue weighted by Crippen LogP contribution is 2.29. The molecule has 3 aromatic carbocycles. The molecule has 154 valence electrons. The van der Waals surface area contributed by atoms with Gasteiger partial charge in [-0.05, 0) is 48.5 Å². The van der Waals surface area contributed by atoms with Crippen LogP contribution in [-0.2, 0) is 0 Å². The number of amides is 1. The fraction of sp³-hybridized carbons (Fsp3) is 0. The predicted octanol–water partition coefficient (Wildman–Crippen LogP) is 4.75. The van der Waals surface area contributed by atoms with Crippen LogP contribution in [0.1, 0.15) is 10.5 Å². The number of para-hydroxylation sites is 3. The van der Waals surface area contributed by atoms with Crippen LogP contribution in [0.2, 0.25) is 0 Å². The summed E-state index contributed by atoms with van der Waals surface area (Å²) in [5.74, 6) is -0.179. The van der Waals surface area contributed by atoms with E-state index in [1.54, 1.807) is 60.7 Å². The zero-order valence-corrected chi connectivity index (χ0v) is 17.6. The van der Waals surface area contributed by atoms with Crippen LogP contribution in [0.3, 0.4) is 0 Å². The van der Waals surface area contributed by atoms with Crippen molar-refractivity contribution in [3.05, 3.63) is 105 Å². The van der Waals surface area contributed by atoms with Crippen LogP contribution in [0.25, 0.3) is 5.69 Å². The van der Waals surface area contributed by atoms with E-state index in [0.717, 1.165) is 15.2 Å². The molecule has 1 heterocycles. The second-order valence-electron chi connectivity index (χ2n) is 6.47. The van der Waals surface area contributed by atoms with Gasteiger partial charge >= 0.3 is 0 Å². The average Bonchev–Trinajstić information content (AvgIpc) is 2.77. The van der Waals surface area contributed by atoms with Gasteiger partial charge in [-0.2, -0.15) is 9.78 Å². The van der Waals surface area contributed by atoms with Crippen LogP contribution >= 0.6 is 15.9 Å². The Labute approximate surface area is 185 Å². The van der Waals surface area contributed by atoms with Crippen LogP contribution in [-0.4, -0.2) is 20.8 Å². The molecule has 0 saturated carbocycles. The number of rotatable bonds is 5. The third-order valence-corrected chi connectivity index (χ3v) is 4.83. The summed E-state index contributed by atoms with van der Waals surface area (Å²) in [4.78, 5) is 25.2. The van der Waals surface area contributed by atoms with Crippen molar-refractivity contribution in [3.8, 4) is 22.9 Å². The number of ether oxygens (including phenoxy) is 1. The number of carbonyl (C=O) groups is 1. The minimum Gasteiger partial charge on any atom is -0.505 e. The lowest BCUT2D eigenvalue weighted by Crippen LogP contribution is -2.25. The number of nitrogens with one attached hydrogen (secondary N) is 1. The highest BCUT2D eigenvalue weighted by atomic mass is 79.9. The molecule has 1 aromatic heterocycles. The van der Waals surface area contributed by atoms with Gasteiger partial charge in [-0.3, -0.25) is 9.59 Å². The van der Waals surface area contributed by atoms with Crippen molar-refractivity contribution in [2.45, 2.75) is 0 Å². The molecule has 0 fully saturated rings. The molecule has 0 aliphatic rings.